The predicted molar refractivity (Wildman–Crippen MR) is 253 cm³/mol. The summed E-state index contributed by atoms with van der Waals surface area (Å²) in [6.07, 6.45) is 58.5. The van der Waals surface area contributed by atoms with E-state index in [0.29, 0.717) is 19.3 Å². The number of aliphatic carboxylic acids is 1. The summed E-state index contributed by atoms with van der Waals surface area (Å²) in [6, 6.07) is -1.55. The zero-order chi connectivity index (χ0) is 45.6. The van der Waals surface area contributed by atoms with Gasteiger partial charge >= 0.3 is 25.7 Å². The standard InChI is InChI=1S/C50H78NO10P/c1-3-5-7-9-11-13-15-17-19-21-23-25-27-29-31-33-35-37-39-41-48(52)58-43-46(44-59-62(56,57)60-45-47(51)50(54)55)61-49(53)42-40-38-36-34-32-30-28-26-24-22-20-18-16-14-12-10-8-6-4-2/h6,8,11-14,17-20,23-26,29-32,36,38,46-47H,3-5,7,9-10,15-16,21-22,27-28,33-35,37,39-45,51H2,1-2H3,(H,54,55)(H,56,57)/b8-6-,13-11-,14-12-,19-17-,20-18-,25-23-,26-24-,31-29-,32-30-,38-36-/t46-,47+/m1/s1. The highest BCUT2D eigenvalue weighted by Gasteiger charge is 2.28. The number of carboxylic acids is 1. The lowest BCUT2D eigenvalue weighted by Crippen LogP contribution is -2.34. The summed E-state index contributed by atoms with van der Waals surface area (Å²) in [5.41, 5.74) is 5.33. The summed E-state index contributed by atoms with van der Waals surface area (Å²) in [7, 11) is -4.76. The van der Waals surface area contributed by atoms with E-state index < -0.39 is 57.7 Å². The Labute approximate surface area is 373 Å². The summed E-state index contributed by atoms with van der Waals surface area (Å²) < 4.78 is 32.6. The normalized spacial score (nSPS) is 14.8. The highest BCUT2D eigenvalue weighted by Crippen LogP contribution is 2.43. The van der Waals surface area contributed by atoms with Crippen LogP contribution in [0.25, 0.3) is 0 Å². The Morgan fingerprint density at radius 1 is 0.516 bits per heavy atom. The summed E-state index contributed by atoms with van der Waals surface area (Å²) in [5.74, 6) is -2.55. The molecule has 0 rings (SSSR count). The van der Waals surface area contributed by atoms with E-state index in [-0.39, 0.29) is 12.8 Å². The molecular weight excluding hydrogens is 806 g/mol. The van der Waals surface area contributed by atoms with Gasteiger partial charge in [0.15, 0.2) is 6.10 Å². The number of carboxylic acid groups (broad SMARTS) is 1. The van der Waals surface area contributed by atoms with Gasteiger partial charge in [-0.1, -0.05) is 155 Å². The number of phosphoric acid groups is 1. The molecule has 0 bridgehead atoms. The van der Waals surface area contributed by atoms with Crippen LogP contribution in [0.4, 0.5) is 0 Å². The monoisotopic (exact) mass is 884 g/mol. The van der Waals surface area contributed by atoms with Gasteiger partial charge in [0.1, 0.15) is 12.6 Å². The smallest absolute Gasteiger partial charge is 0.472 e. The molecule has 12 heteroatoms. The van der Waals surface area contributed by atoms with Gasteiger partial charge < -0.3 is 25.2 Å². The van der Waals surface area contributed by atoms with Crippen LogP contribution in [0, 0.1) is 0 Å². The maximum atomic E-state index is 12.6. The molecule has 0 amide bonds. The van der Waals surface area contributed by atoms with E-state index >= 15 is 0 Å². The predicted octanol–water partition coefficient (Wildman–Crippen LogP) is 12.4. The molecule has 4 N–H and O–H groups in total. The number of phosphoric ester groups is 1. The second-order valence-electron chi connectivity index (χ2n) is 14.4. The number of carbonyl (C=O) groups is 3. The molecule has 348 valence electrons. The largest absolute Gasteiger partial charge is 0.480 e. The Bertz CT molecular complexity index is 1500. The van der Waals surface area contributed by atoms with Crippen molar-refractivity contribution < 1.29 is 47.5 Å². The number of esters is 2. The fourth-order valence-corrected chi connectivity index (χ4v) is 5.97. The first kappa shape index (κ1) is 57.9. The van der Waals surface area contributed by atoms with Crippen molar-refractivity contribution in [3.63, 3.8) is 0 Å². The van der Waals surface area contributed by atoms with Crippen molar-refractivity contribution in [2.24, 2.45) is 5.73 Å². The molecule has 0 aliphatic carbocycles. The van der Waals surface area contributed by atoms with Crippen LogP contribution in [0.3, 0.4) is 0 Å². The van der Waals surface area contributed by atoms with Gasteiger partial charge in [-0.15, -0.1) is 0 Å². The Morgan fingerprint density at radius 2 is 0.935 bits per heavy atom. The average Bonchev–Trinajstić information content (AvgIpc) is 3.25. The number of allylic oxidation sites excluding steroid dienone is 20. The van der Waals surface area contributed by atoms with Crippen LogP contribution in [-0.2, 0) is 37.5 Å². The quantitative estimate of drug-likeness (QED) is 0.0231. The molecule has 62 heavy (non-hydrogen) atoms. The van der Waals surface area contributed by atoms with Gasteiger partial charge in [0, 0.05) is 12.8 Å². The molecule has 0 aromatic heterocycles. The minimum atomic E-state index is -4.76. The van der Waals surface area contributed by atoms with Crippen LogP contribution >= 0.6 is 7.82 Å². The topological polar surface area (TPSA) is 172 Å². The molecule has 0 saturated carbocycles. The number of rotatable bonds is 40. The van der Waals surface area contributed by atoms with Crippen LogP contribution < -0.4 is 5.73 Å². The van der Waals surface area contributed by atoms with Crippen LogP contribution in [0.5, 0.6) is 0 Å². The van der Waals surface area contributed by atoms with Gasteiger partial charge in [0.2, 0.25) is 0 Å². The van der Waals surface area contributed by atoms with Crippen molar-refractivity contribution in [2.75, 3.05) is 19.8 Å². The average molecular weight is 884 g/mol. The lowest BCUT2D eigenvalue weighted by Gasteiger charge is -2.20. The Balaban J connectivity index is 4.56. The summed E-state index contributed by atoms with van der Waals surface area (Å²) in [4.78, 5) is 46.0. The zero-order valence-corrected chi connectivity index (χ0v) is 38.5. The minimum Gasteiger partial charge on any atom is -0.480 e. The molecule has 0 aromatic rings. The number of hydrogen-bond donors (Lipinski definition) is 3. The molecule has 0 aliphatic rings. The molecule has 0 radical (unpaired) electrons. The molecule has 0 aliphatic heterocycles. The van der Waals surface area contributed by atoms with Crippen LogP contribution in [0.2, 0.25) is 0 Å². The highest BCUT2D eigenvalue weighted by molar-refractivity contribution is 7.47. The second kappa shape index (κ2) is 43.5. The SMILES string of the molecule is CC/C=C\C/C=C\C/C=C\C/C=C\C/C=C\C/C=C\CCC(=O)O[C@H](COC(=O)CCCCC/C=C\C/C=C\C/C=C\C/C=C\CCCCC)COP(=O)(O)OC[C@H](N)C(=O)O. The summed E-state index contributed by atoms with van der Waals surface area (Å²) >= 11 is 0. The lowest BCUT2D eigenvalue weighted by molar-refractivity contribution is -0.161. The minimum absolute atomic E-state index is 0.0206. The van der Waals surface area contributed by atoms with E-state index in [9.17, 15) is 23.8 Å². The van der Waals surface area contributed by atoms with E-state index in [1.165, 1.54) is 25.7 Å². The van der Waals surface area contributed by atoms with Gasteiger partial charge in [-0.25, -0.2) is 4.57 Å². The van der Waals surface area contributed by atoms with Gasteiger partial charge in [-0.2, -0.15) is 0 Å². The molecule has 0 aromatic carbocycles. The van der Waals surface area contributed by atoms with Crippen molar-refractivity contribution in [1.29, 1.82) is 0 Å². The van der Waals surface area contributed by atoms with Gasteiger partial charge in [-0.3, -0.25) is 23.4 Å². The third-order valence-corrected chi connectivity index (χ3v) is 9.66. The Kier molecular flexibility index (Phi) is 40.6. The van der Waals surface area contributed by atoms with E-state index in [1.807, 2.05) is 18.2 Å². The molecule has 0 spiro atoms. The van der Waals surface area contributed by atoms with Gasteiger partial charge in [0.25, 0.3) is 0 Å². The molecule has 11 nitrogen and oxygen atoms in total. The zero-order valence-electron chi connectivity index (χ0n) is 37.7. The third-order valence-electron chi connectivity index (χ3n) is 8.71. The van der Waals surface area contributed by atoms with E-state index in [2.05, 4.69) is 122 Å². The van der Waals surface area contributed by atoms with E-state index in [0.717, 1.165) is 70.6 Å². The maximum Gasteiger partial charge on any atom is 0.472 e. The van der Waals surface area contributed by atoms with Gasteiger partial charge in [-0.05, 0) is 96.3 Å². The number of nitrogens with two attached hydrogens (primary N) is 1. The lowest BCUT2D eigenvalue weighted by atomic mass is 10.1. The van der Waals surface area contributed by atoms with Crippen LogP contribution in [-0.4, -0.2) is 59.9 Å². The van der Waals surface area contributed by atoms with E-state index in [1.54, 1.807) is 0 Å². The third kappa shape index (κ3) is 42.6. The molecule has 0 fully saturated rings. The Hall–Kier alpha value is -4.12. The fraction of sp³-hybridized carbons (Fsp3) is 0.540. The van der Waals surface area contributed by atoms with Crippen LogP contribution in [0.1, 0.15) is 142 Å². The fourth-order valence-electron chi connectivity index (χ4n) is 5.19. The first-order chi connectivity index (χ1) is 30.1. The maximum absolute atomic E-state index is 12.6. The van der Waals surface area contributed by atoms with Crippen molar-refractivity contribution >= 4 is 25.7 Å². The van der Waals surface area contributed by atoms with Crippen molar-refractivity contribution in [2.45, 2.75) is 154 Å². The second-order valence-corrected chi connectivity index (χ2v) is 15.9. The number of unbranched alkanes of at least 4 members (excludes halogenated alkanes) is 6. The van der Waals surface area contributed by atoms with Crippen molar-refractivity contribution in [3.8, 4) is 0 Å². The first-order valence-electron chi connectivity index (χ1n) is 22.6. The van der Waals surface area contributed by atoms with Gasteiger partial charge in [0.05, 0.1) is 13.2 Å². The van der Waals surface area contributed by atoms with Crippen molar-refractivity contribution in [3.05, 3.63) is 122 Å². The first-order valence-corrected chi connectivity index (χ1v) is 24.1. The molecule has 1 unspecified atom stereocenters. The Morgan fingerprint density at radius 3 is 1.39 bits per heavy atom. The van der Waals surface area contributed by atoms with Crippen molar-refractivity contribution in [1.82, 2.24) is 0 Å². The van der Waals surface area contributed by atoms with E-state index in [4.69, 9.17) is 24.8 Å². The molecule has 0 heterocycles. The van der Waals surface area contributed by atoms with Crippen LogP contribution in [0.15, 0.2) is 122 Å². The molecular formula is C50H78NO10P. The molecule has 3 atom stereocenters. The summed E-state index contributed by atoms with van der Waals surface area (Å²) in [5, 5.41) is 8.90. The highest BCUT2D eigenvalue weighted by atomic mass is 31.2. The number of ether oxygens (including phenoxy) is 2. The molecule has 0 saturated heterocycles. The number of hydrogen-bond acceptors (Lipinski definition) is 9. The summed E-state index contributed by atoms with van der Waals surface area (Å²) in [6.45, 7) is 2.53. The number of carbonyl (C=O) groups excluding carboxylic acids is 2.